The highest BCUT2D eigenvalue weighted by Gasteiger charge is 2.50. The predicted octanol–water partition coefficient (Wildman–Crippen LogP) is 2.79. The molecule has 0 saturated heterocycles. The molecule has 1 unspecified atom stereocenters. The van der Waals surface area contributed by atoms with Gasteiger partial charge in [-0.15, -0.1) is 0 Å². The molecule has 1 aromatic carbocycles. The van der Waals surface area contributed by atoms with Gasteiger partial charge in [-0.2, -0.15) is 0 Å². The fraction of sp³-hybridized carbons (Fsp3) is 0.316. The van der Waals surface area contributed by atoms with Crippen LogP contribution in [0.4, 0.5) is 11.5 Å². The first-order chi connectivity index (χ1) is 12.0. The summed E-state index contributed by atoms with van der Waals surface area (Å²) in [6.45, 7) is 5.77. The molecule has 1 aromatic heterocycles. The van der Waals surface area contributed by atoms with Crippen LogP contribution in [-0.4, -0.2) is 28.9 Å². The van der Waals surface area contributed by atoms with E-state index in [1.807, 2.05) is 32.0 Å². The summed E-state index contributed by atoms with van der Waals surface area (Å²) in [7, 11) is 0. The molecule has 6 heteroatoms. The molecule has 0 aliphatic carbocycles. The van der Waals surface area contributed by atoms with E-state index in [2.05, 4.69) is 10.3 Å². The normalized spacial score (nSPS) is 19.2. The van der Waals surface area contributed by atoms with Crippen LogP contribution >= 0.6 is 0 Å². The van der Waals surface area contributed by atoms with Gasteiger partial charge in [-0.3, -0.25) is 14.5 Å². The smallest absolute Gasteiger partial charge is 0.282 e. The number of fused-ring (bicyclic) bond motifs is 1. The minimum atomic E-state index is -1.64. The predicted molar refractivity (Wildman–Crippen MR) is 95.7 cm³/mol. The first-order valence-electron chi connectivity index (χ1n) is 8.36. The van der Waals surface area contributed by atoms with Crippen LogP contribution in [0.25, 0.3) is 0 Å². The average Bonchev–Trinajstić information content (AvgIpc) is 2.63. The highest BCUT2D eigenvalue weighted by Crippen LogP contribution is 2.36. The third kappa shape index (κ3) is 2.95. The number of carbonyl (C=O) groups is 2. The van der Waals surface area contributed by atoms with Gasteiger partial charge in [0, 0.05) is 18.4 Å². The minimum Gasteiger partial charge on any atom is -0.464 e. The van der Waals surface area contributed by atoms with Gasteiger partial charge in [-0.05, 0) is 50.1 Å². The fourth-order valence-electron chi connectivity index (χ4n) is 2.84. The SMILES string of the molecule is CCc1cccc(NC(=O)C2(C)Oc3cccnc3N(CC)C2=O)c1. The van der Waals surface area contributed by atoms with Gasteiger partial charge in [0.25, 0.3) is 17.4 Å². The first kappa shape index (κ1) is 17.0. The van der Waals surface area contributed by atoms with Crippen molar-refractivity contribution in [3.63, 3.8) is 0 Å². The Morgan fingerprint density at radius 3 is 2.80 bits per heavy atom. The number of anilines is 2. The van der Waals surface area contributed by atoms with Crippen LogP contribution in [0.5, 0.6) is 5.75 Å². The second kappa shape index (κ2) is 6.55. The molecule has 25 heavy (non-hydrogen) atoms. The van der Waals surface area contributed by atoms with Crippen LogP contribution in [0.2, 0.25) is 0 Å². The summed E-state index contributed by atoms with van der Waals surface area (Å²) >= 11 is 0. The van der Waals surface area contributed by atoms with Crippen LogP contribution in [-0.2, 0) is 16.0 Å². The number of amides is 2. The molecule has 1 aliphatic rings. The number of ether oxygens (including phenoxy) is 1. The van der Waals surface area contributed by atoms with E-state index in [1.54, 1.807) is 24.4 Å². The van der Waals surface area contributed by atoms with Gasteiger partial charge in [-0.1, -0.05) is 19.1 Å². The van der Waals surface area contributed by atoms with Crippen LogP contribution < -0.4 is 15.0 Å². The number of nitrogens with zero attached hydrogens (tertiary/aromatic N) is 2. The number of aryl methyl sites for hydroxylation is 1. The van der Waals surface area contributed by atoms with Crippen molar-refractivity contribution >= 4 is 23.3 Å². The van der Waals surface area contributed by atoms with Gasteiger partial charge in [0.05, 0.1) is 0 Å². The summed E-state index contributed by atoms with van der Waals surface area (Å²) < 4.78 is 5.79. The molecule has 0 spiro atoms. The lowest BCUT2D eigenvalue weighted by atomic mass is 10.0. The Morgan fingerprint density at radius 2 is 2.08 bits per heavy atom. The first-order valence-corrected chi connectivity index (χ1v) is 8.36. The number of nitrogens with one attached hydrogen (secondary N) is 1. The van der Waals surface area contributed by atoms with E-state index in [4.69, 9.17) is 4.74 Å². The van der Waals surface area contributed by atoms with Gasteiger partial charge in [0.15, 0.2) is 11.6 Å². The lowest BCUT2D eigenvalue weighted by Gasteiger charge is -2.38. The molecule has 0 radical (unpaired) electrons. The fourth-order valence-corrected chi connectivity index (χ4v) is 2.84. The van der Waals surface area contributed by atoms with Gasteiger partial charge in [0.1, 0.15) is 0 Å². The summed E-state index contributed by atoms with van der Waals surface area (Å²) in [5, 5.41) is 2.80. The van der Waals surface area contributed by atoms with Crippen molar-refractivity contribution in [2.24, 2.45) is 0 Å². The van der Waals surface area contributed by atoms with Crippen LogP contribution in [0.15, 0.2) is 42.6 Å². The molecule has 0 fully saturated rings. The molecule has 2 amide bonds. The monoisotopic (exact) mass is 339 g/mol. The van der Waals surface area contributed by atoms with Crippen LogP contribution in [0.1, 0.15) is 26.3 Å². The lowest BCUT2D eigenvalue weighted by molar-refractivity contribution is -0.145. The number of likely N-dealkylation sites (N-methyl/N-ethyl adjacent to an activating group) is 1. The Labute approximate surface area is 146 Å². The number of hydrogen-bond donors (Lipinski definition) is 1. The van der Waals surface area contributed by atoms with Crippen molar-refractivity contribution in [1.82, 2.24) is 4.98 Å². The Kier molecular flexibility index (Phi) is 4.44. The van der Waals surface area contributed by atoms with Crippen LogP contribution in [0, 0.1) is 0 Å². The molecule has 3 rings (SSSR count). The quantitative estimate of drug-likeness (QED) is 0.870. The molecular weight excluding hydrogens is 318 g/mol. The zero-order valence-electron chi connectivity index (χ0n) is 14.6. The van der Waals surface area contributed by atoms with Crippen LogP contribution in [0.3, 0.4) is 0 Å². The summed E-state index contributed by atoms with van der Waals surface area (Å²) in [6, 6.07) is 11.0. The number of hydrogen-bond acceptors (Lipinski definition) is 4. The third-order valence-electron chi connectivity index (χ3n) is 4.32. The summed E-state index contributed by atoms with van der Waals surface area (Å²) in [5.74, 6) is -0.0683. The van der Waals surface area contributed by atoms with E-state index in [0.29, 0.717) is 23.8 Å². The number of carbonyl (C=O) groups excluding carboxylic acids is 2. The topological polar surface area (TPSA) is 71.5 Å². The van der Waals surface area contributed by atoms with Crippen molar-refractivity contribution in [3.05, 3.63) is 48.2 Å². The highest BCUT2D eigenvalue weighted by molar-refractivity contribution is 6.19. The maximum Gasteiger partial charge on any atom is 0.282 e. The number of rotatable bonds is 4. The Balaban J connectivity index is 1.92. The number of aromatic nitrogens is 1. The molecule has 130 valence electrons. The molecule has 1 atom stereocenters. The standard InChI is InChI=1S/C19H21N3O3/c1-4-13-8-6-9-14(12-13)21-17(23)19(3)18(24)22(5-2)16-15(25-19)10-7-11-20-16/h6-12H,4-5H2,1-3H3,(H,21,23). The Hall–Kier alpha value is -2.89. The van der Waals surface area contributed by atoms with Gasteiger partial charge < -0.3 is 10.1 Å². The van der Waals surface area contributed by atoms with Crippen molar-refractivity contribution in [2.45, 2.75) is 32.8 Å². The van der Waals surface area contributed by atoms with Gasteiger partial charge in [-0.25, -0.2) is 4.98 Å². The zero-order valence-corrected chi connectivity index (χ0v) is 14.6. The van der Waals surface area contributed by atoms with Gasteiger partial charge in [0.2, 0.25) is 0 Å². The molecule has 2 aromatic rings. The maximum absolute atomic E-state index is 12.9. The van der Waals surface area contributed by atoms with E-state index >= 15 is 0 Å². The number of pyridine rings is 1. The Morgan fingerprint density at radius 1 is 1.28 bits per heavy atom. The van der Waals surface area contributed by atoms with E-state index in [0.717, 1.165) is 12.0 Å². The van der Waals surface area contributed by atoms with E-state index in [9.17, 15) is 9.59 Å². The Bertz CT molecular complexity index is 821. The average molecular weight is 339 g/mol. The molecule has 1 aliphatic heterocycles. The second-order valence-corrected chi connectivity index (χ2v) is 6.02. The van der Waals surface area contributed by atoms with Crippen molar-refractivity contribution < 1.29 is 14.3 Å². The van der Waals surface area contributed by atoms with Crippen molar-refractivity contribution in [1.29, 1.82) is 0 Å². The zero-order chi connectivity index (χ0) is 18.0. The molecule has 0 bridgehead atoms. The summed E-state index contributed by atoms with van der Waals surface area (Å²) in [5.41, 5.74) is 0.0967. The molecule has 2 heterocycles. The third-order valence-corrected chi connectivity index (χ3v) is 4.32. The maximum atomic E-state index is 12.9. The lowest BCUT2D eigenvalue weighted by Crippen LogP contribution is -2.60. The van der Waals surface area contributed by atoms with Gasteiger partial charge >= 0.3 is 0 Å². The second-order valence-electron chi connectivity index (χ2n) is 6.02. The largest absolute Gasteiger partial charge is 0.464 e. The minimum absolute atomic E-state index is 0.403. The summed E-state index contributed by atoms with van der Waals surface area (Å²) in [4.78, 5) is 31.4. The van der Waals surface area contributed by atoms with E-state index in [-0.39, 0.29) is 0 Å². The molecular formula is C19H21N3O3. The molecule has 1 N–H and O–H groups in total. The number of benzene rings is 1. The van der Waals surface area contributed by atoms with Crippen molar-refractivity contribution in [3.8, 4) is 5.75 Å². The summed E-state index contributed by atoms with van der Waals surface area (Å²) in [6.07, 6.45) is 2.45. The highest BCUT2D eigenvalue weighted by atomic mass is 16.5. The van der Waals surface area contributed by atoms with Crippen molar-refractivity contribution in [2.75, 3.05) is 16.8 Å². The molecule has 6 nitrogen and oxygen atoms in total. The van der Waals surface area contributed by atoms with E-state index < -0.39 is 17.4 Å². The molecule has 0 saturated carbocycles. The van der Waals surface area contributed by atoms with E-state index in [1.165, 1.54) is 11.8 Å².